The van der Waals surface area contributed by atoms with Crippen molar-refractivity contribution in [2.24, 2.45) is 0 Å². The highest BCUT2D eigenvalue weighted by Crippen LogP contribution is 2.21. The molecule has 2 rings (SSSR count). The molecule has 1 heterocycles. The van der Waals surface area contributed by atoms with Crippen molar-refractivity contribution in [1.82, 2.24) is 9.80 Å². The number of carbonyl (C=O) groups is 1. The van der Waals surface area contributed by atoms with Crippen molar-refractivity contribution in [3.63, 3.8) is 0 Å². The summed E-state index contributed by atoms with van der Waals surface area (Å²) < 4.78 is 27.7. The zero-order chi connectivity index (χ0) is 15.4. The maximum atomic E-state index is 13.8. The standard InChI is InChI=1S/C16H22F2N2O/c1-3-9-20(12-7-10-19(2)11-8-12)16(21)15-13(17)5-4-6-14(15)18/h4-6,12H,3,7-11H2,1-2H3. The van der Waals surface area contributed by atoms with E-state index in [2.05, 4.69) is 4.90 Å². The van der Waals surface area contributed by atoms with Crippen molar-refractivity contribution in [2.75, 3.05) is 26.7 Å². The first-order chi connectivity index (χ1) is 10.0. The number of nitrogens with zero attached hydrogens (tertiary/aromatic N) is 2. The summed E-state index contributed by atoms with van der Waals surface area (Å²) in [5.74, 6) is -2.09. The fraction of sp³-hybridized carbons (Fsp3) is 0.562. The Morgan fingerprint density at radius 2 is 1.86 bits per heavy atom. The third-order valence-electron chi connectivity index (χ3n) is 4.03. The monoisotopic (exact) mass is 296 g/mol. The van der Waals surface area contributed by atoms with E-state index < -0.39 is 23.1 Å². The Morgan fingerprint density at radius 3 is 2.38 bits per heavy atom. The number of piperidine rings is 1. The Balaban J connectivity index is 2.23. The molecule has 116 valence electrons. The second kappa shape index (κ2) is 6.98. The Hall–Kier alpha value is -1.49. The summed E-state index contributed by atoms with van der Waals surface area (Å²) in [6, 6.07) is 3.61. The lowest BCUT2D eigenvalue weighted by Gasteiger charge is -2.37. The molecule has 1 aliphatic rings. The third-order valence-corrected chi connectivity index (χ3v) is 4.03. The molecule has 0 N–H and O–H groups in total. The molecule has 1 saturated heterocycles. The van der Waals surface area contributed by atoms with E-state index in [9.17, 15) is 13.6 Å². The zero-order valence-corrected chi connectivity index (χ0v) is 12.6. The van der Waals surface area contributed by atoms with Crippen LogP contribution >= 0.6 is 0 Å². The molecule has 0 spiro atoms. The van der Waals surface area contributed by atoms with Gasteiger partial charge in [-0.15, -0.1) is 0 Å². The van der Waals surface area contributed by atoms with Crippen LogP contribution in [-0.4, -0.2) is 48.4 Å². The molecule has 1 aliphatic heterocycles. The van der Waals surface area contributed by atoms with Crippen molar-refractivity contribution in [3.05, 3.63) is 35.4 Å². The van der Waals surface area contributed by atoms with Crippen molar-refractivity contribution in [3.8, 4) is 0 Å². The first-order valence-electron chi connectivity index (χ1n) is 7.48. The number of hydrogen-bond donors (Lipinski definition) is 0. The quantitative estimate of drug-likeness (QED) is 0.853. The van der Waals surface area contributed by atoms with Crippen molar-refractivity contribution < 1.29 is 13.6 Å². The molecule has 1 aromatic rings. The van der Waals surface area contributed by atoms with Gasteiger partial charge in [-0.2, -0.15) is 0 Å². The fourth-order valence-electron chi connectivity index (χ4n) is 2.84. The molecule has 1 amide bonds. The van der Waals surface area contributed by atoms with Gasteiger partial charge in [0.1, 0.15) is 17.2 Å². The Kier molecular flexibility index (Phi) is 5.28. The average molecular weight is 296 g/mol. The van der Waals surface area contributed by atoms with Gasteiger partial charge in [0.25, 0.3) is 5.91 Å². The highest BCUT2D eigenvalue weighted by atomic mass is 19.1. The molecular weight excluding hydrogens is 274 g/mol. The molecule has 5 heteroatoms. The number of hydrogen-bond acceptors (Lipinski definition) is 2. The van der Waals surface area contributed by atoms with Gasteiger partial charge in [0.05, 0.1) is 0 Å². The Bertz CT molecular complexity index is 479. The number of benzene rings is 1. The van der Waals surface area contributed by atoms with Gasteiger partial charge in [-0.1, -0.05) is 13.0 Å². The van der Waals surface area contributed by atoms with Crippen LogP contribution in [0, 0.1) is 11.6 Å². The summed E-state index contributed by atoms with van der Waals surface area (Å²) in [5, 5.41) is 0. The minimum absolute atomic E-state index is 0.0626. The van der Waals surface area contributed by atoms with E-state index in [4.69, 9.17) is 0 Å². The topological polar surface area (TPSA) is 23.6 Å². The summed E-state index contributed by atoms with van der Waals surface area (Å²) in [6.07, 6.45) is 2.46. The van der Waals surface area contributed by atoms with Gasteiger partial charge in [0.15, 0.2) is 0 Å². The van der Waals surface area contributed by atoms with Gasteiger partial charge in [-0.25, -0.2) is 8.78 Å². The first kappa shape index (κ1) is 15.9. The predicted octanol–water partition coefficient (Wildman–Crippen LogP) is 2.91. The van der Waals surface area contributed by atoms with E-state index in [0.717, 1.165) is 44.5 Å². The van der Waals surface area contributed by atoms with Crippen molar-refractivity contribution >= 4 is 5.91 Å². The lowest BCUT2D eigenvalue weighted by atomic mass is 10.0. The van der Waals surface area contributed by atoms with E-state index in [0.29, 0.717) is 6.54 Å². The van der Waals surface area contributed by atoms with Crippen LogP contribution in [0.3, 0.4) is 0 Å². The smallest absolute Gasteiger partial charge is 0.260 e. The van der Waals surface area contributed by atoms with Crippen LogP contribution in [-0.2, 0) is 0 Å². The molecule has 21 heavy (non-hydrogen) atoms. The number of halogens is 2. The molecule has 1 aromatic carbocycles. The molecule has 0 aromatic heterocycles. The maximum absolute atomic E-state index is 13.8. The highest BCUT2D eigenvalue weighted by Gasteiger charge is 2.30. The van der Waals surface area contributed by atoms with Gasteiger partial charge in [-0.05, 0) is 51.5 Å². The summed E-state index contributed by atoms with van der Waals surface area (Å²) in [6.45, 7) is 4.30. The van der Waals surface area contributed by atoms with Crippen LogP contribution in [0.25, 0.3) is 0 Å². The van der Waals surface area contributed by atoms with Crippen LogP contribution in [0.2, 0.25) is 0 Å². The van der Waals surface area contributed by atoms with Gasteiger partial charge in [-0.3, -0.25) is 4.79 Å². The van der Waals surface area contributed by atoms with Crippen LogP contribution in [0.4, 0.5) is 8.78 Å². The Labute approximate surface area is 124 Å². The number of likely N-dealkylation sites (tertiary alicyclic amines) is 1. The predicted molar refractivity (Wildman–Crippen MR) is 78.2 cm³/mol. The molecule has 3 nitrogen and oxygen atoms in total. The molecule has 1 fully saturated rings. The van der Waals surface area contributed by atoms with E-state index in [-0.39, 0.29) is 6.04 Å². The molecule has 0 unspecified atom stereocenters. The molecule has 0 saturated carbocycles. The lowest BCUT2D eigenvalue weighted by Crippen LogP contribution is -2.47. The van der Waals surface area contributed by atoms with E-state index in [1.165, 1.54) is 6.07 Å². The second-order valence-electron chi connectivity index (χ2n) is 5.63. The minimum Gasteiger partial charge on any atom is -0.335 e. The van der Waals surface area contributed by atoms with Gasteiger partial charge in [0, 0.05) is 12.6 Å². The van der Waals surface area contributed by atoms with Gasteiger partial charge >= 0.3 is 0 Å². The van der Waals surface area contributed by atoms with Crippen molar-refractivity contribution in [1.29, 1.82) is 0 Å². The van der Waals surface area contributed by atoms with Crippen molar-refractivity contribution in [2.45, 2.75) is 32.2 Å². The van der Waals surface area contributed by atoms with Gasteiger partial charge in [0.2, 0.25) is 0 Å². The van der Waals surface area contributed by atoms with Crippen LogP contribution in [0.5, 0.6) is 0 Å². The lowest BCUT2D eigenvalue weighted by molar-refractivity contribution is 0.0582. The molecule has 0 bridgehead atoms. The normalized spacial score (nSPS) is 17.0. The Morgan fingerprint density at radius 1 is 1.29 bits per heavy atom. The maximum Gasteiger partial charge on any atom is 0.260 e. The van der Waals surface area contributed by atoms with E-state index >= 15 is 0 Å². The largest absolute Gasteiger partial charge is 0.335 e. The summed E-state index contributed by atoms with van der Waals surface area (Å²) in [4.78, 5) is 16.4. The third kappa shape index (κ3) is 3.59. The zero-order valence-electron chi connectivity index (χ0n) is 12.6. The second-order valence-corrected chi connectivity index (χ2v) is 5.63. The summed E-state index contributed by atoms with van der Waals surface area (Å²) >= 11 is 0. The molecule has 0 radical (unpaired) electrons. The number of amides is 1. The number of rotatable bonds is 4. The van der Waals surface area contributed by atoms with E-state index in [1.54, 1.807) is 4.90 Å². The number of carbonyl (C=O) groups excluding carboxylic acids is 1. The van der Waals surface area contributed by atoms with Crippen LogP contribution in [0.1, 0.15) is 36.5 Å². The fourth-order valence-corrected chi connectivity index (χ4v) is 2.84. The minimum atomic E-state index is -0.783. The van der Waals surface area contributed by atoms with E-state index in [1.807, 2.05) is 14.0 Å². The van der Waals surface area contributed by atoms with Crippen LogP contribution in [0.15, 0.2) is 18.2 Å². The first-order valence-corrected chi connectivity index (χ1v) is 7.48. The summed E-state index contributed by atoms with van der Waals surface area (Å²) in [5.41, 5.74) is -0.426. The van der Waals surface area contributed by atoms with Gasteiger partial charge < -0.3 is 9.80 Å². The molecule has 0 aliphatic carbocycles. The average Bonchev–Trinajstić information content (AvgIpc) is 2.45. The SMILES string of the molecule is CCCN(C(=O)c1c(F)cccc1F)C1CCN(C)CC1. The summed E-state index contributed by atoms with van der Waals surface area (Å²) in [7, 11) is 2.04. The van der Waals surface area contributed by atoms with Crippen LogP contribution < -0.4 is 0 Å². The highest BCUT2D eigenvalue weighted by molar-refractivity contribution is 5.95. The molecule has 0 atom stereocenters. The molecular formula is C16H22F2N2O.